The molecule has 0 aromatic carbocycles. The largest absolute Gasteiger partial charge is 0.481 e. The average Bonchev–Trinajstić information content (AvgIpc) is 2.74. The van der Waals surface area contributed by atoms with Crippen molar-refractivity contribution < 1.29 is 14.7 Å². The molecule has 0 bridgehead atoms. The van der Waals surface area contributed by atoms with Crippen molar-refractivity contribution in [3.8, 4) is 0 Å². The summed E-state index contributed by atoms with van der Waals surface area (Å²) in [6.45, 7) is 2.95. The highest BCUT2D eigenvalue weighted by Gasteiger charge is 2.27. The number of piperidine rings is 1. The van der Waals surface area contributed by atoms with Crippen LogP contribution in [0.4, 0.5) is 0 Å². The van der Waals surface area contributed by atoms with E-state index in [9.17, 15) is 9.59 Å². The van der Waals surface area contributed by atoms with Gasteiger partial charge in [-0.1, -0.05) is 0 Å². The van der Waals surface area contributed by atoms with Gasteiger partial charge in [-0.3, -0.25) is 14.3 Å². The second-order valence-electron chi connectivity index (χ2n) is 5.43. The van der Waals surface area contributed by atoms with Crippen LogP contribution in [0.25, 0.3) is 0 Å². The first kappa shape index (κ1) is 14.6. The fourth-order valence-corrected chi connectivity index (χ4v) is 2.70. The zero-order valence-corrected chi connectivity index (χ0v) is 12.0. The number of aromatic nitrogens is 2. The van der Waals surface area contributed by atoms with E-state index in [4.69, 9.17) is 5.11 Å². The van der Waals surface area contributed by atoms with E-state index in [1.807, 2.05) is 20.2 Å². The quantitative estimate of drug-likeness (QED) is 0.891. The average molecular weight is 279 g/mol. The summed E-state index contributed by atoms with van der Waals surface area (Å²) in [7, 11) is 1.86. The third kappa shape index (κ3) is 3.37. The van der Waals surface area contributed by atoms with Crippen molar-refractivity contribution in [1.29, 1.82) is 0 Å². The maximum absolute atomic E-state index is 12.2. The van der Waals surface area contributed by atoms with E-state index in [-0.39, 0.29) is 5.91 Å². The van der Waals surface area contributed by atoms with Gasteiger partial charge in [0, 0.05) is 32.8 Å². The molecule has 1 amide bonds. The number of carbonyl (C=O) groups excluding carboxylic acids is 1. The minimum Gasteiger partial charge on any atom is -0.481 e. The van der Waals surface area contributed by atoms with Crippen LogP contribution in [-0.4, -0.2) is 44.8 Å². The van der Waals surface area contributed by atoms with Crippen LogP contribution in [-0.2, 0) is 23.1 Å². The summed E-state index contributed by atoms with van der Waals surface area (Å²) in [4.78, 5) is 24.9. The molecular formula is C14H21N3O3. The number of aryl methyl sites for hydroxylation is 3. The van der Waals surface area contributed by atoms with E-state index in [0.717, 1.165) is 17.7 Å². The smallest absolute Gasteiger partial charge is 0.308 e. The predicted molar refractivity (Wildman–Crippen MR) is 73.2 cm³/mol. The van der Waals surface area contributed by atoms with Gasteiger partial charge < -0.3 is 10.0 Å². The number of carbonyl (C=O) groups is 2. The van der Waals surface area contributed by atoms with Crippen molar-refractivity contribution >= 4 is 11.9 Å². The van der Waals surface area contributed by atoms with Crippen LogP contribution < -0.4 is 0 Å². The Labute approximate surface area is 118 Å². The topological polar surface area (TPSA) is 75.4 Å². The second kappa shape index (κ2) is 6.07. The Morgan fingerprint density at radius 2 is 2.25 bits per heavy atom. The van der Waals surface area contributed by atoms with Crippen molar-refractivity contribution in [3.05, 3.63) is 17.5 Å². The number of hydrogen-bond acceptors (Lipinski definition) is 3. The molecule has 0 aliphatic carbocycles. The second-order valence-corrected chi connectivity index (χ2v) is 5.43. The Morgan fingerprint density at radius 1 is 1.50 bits per heavy atom. The molecule has 1 aromatic rings. The molecular weight excluding hydrogens is 258 g/mol. The lowest BCUT2D eigenvalue weighted by atomic mass is 9.98. The summed E-state index contributed by atoms with van der Waals surface area (Å²) < 4.78 is 1.75. The van der Waals surface area contributed by atoms with Gasteiger partial charge in [0.15, 0.2) is 0 Å². The summed E-state index contributed by atoms with van der Waals surface area (Å²) in [5.74, 6) is -1.17. The van der Waals surface area contributed by atoms with Gasteiger partial charge in [0.2, 0.25) is 5.91 Å². The first-order valence-electron chi connectivity index (χ1n) is 6.97. The van der Waals surface area contributed by atoms with Gasteiger partial charge in [-0.15, -0.1) is 0 Å². The van der Waals surface area contributed by atoms with Crippen LogP contribution in [0.3, 0.4) is 0 Å². The van der Waals surface area contributed by atoms with Crippen molar-refractivity contribution in [2.24, 2.45) is 13.0 Å². The lowest BCUT2D eigenvalue weighted by Crippen LogP contribution is -2.42. The maximum Gasteiger partial charge on any atom is 0.308 e. The zero-order valence-electron chi connectivity index (χ0n) is 12.0. The van der Waals surface area contributed by atoms with Gasteiger partial charge in [0.1, 0.15) is 0 Å². The van der Waals surface area contributed by atoms with Gasteiger partial charge in [0.05, 0.1) is 11.6 Å². The van der Waals surface area contributed by atoms with E-state index in [1.165, 1.54) is 0 Å². The van der Waals surface area contributed by atoms with Crippen LogP contribution in [0.15, 0.2) is 6.20 Å². The number of aliphatic carboxylic acids is 1. The van der Waals surface area contributed by atoms with E-state index >= 15 is 0 Å². The molecule has 20 heavy (non-hydrogen) atoms. The molecule has 0 spiro atoms. The molecule has 1 N–H and O–H groups in total. The fourth-order valence-electron chi connectivity index (χ4n) is 2.70. The van der Waals surface area contributed by atoms with Gasteiger partial charge in [-0.25, -0.2) is 0 Å². The van der Waals surface area contributed by atoms with Crippen molar-refractivity contribution in [2.45, 2.75) is 32.6 Å². The number of rotatable bonds is 4. The Kier molecular flexibility index (Phi) is 4.42. The molecule has 110 valence electrons. The monoisotopic (exact) mass is 279 g/mol. The standard InChI is InChI=1S/C14H21N3O3/c1-10-11(8-16(2)15-10)5-6-13(18)17-7-3-4-12(9-17)14(19)20/h8,12H,3-7,9H2,1-2H3,(H,19,20). The molecule has 1 fully saturated rings. The highest BCUT2D eigenvalue weighted by Crippen LogP contribution is 2.18. The molecule has 1 aromatic heterocycles. The van der Waals surface area contributed by atoms with Crippen LogP contribution in [0.2, 0.25) is 0 Å². The summed E-state index contributed by atoms with van der Waals surface area (Å²) in [5.41, 5.74) is 2.02. The Morgan fingerprint density at radius 3 is 2.85 bits per heavy atom. The van der Waals surface area contributed by atoms with Crippen LogP contribution in [0.5, 0.6) is 0 Å². The Hall–Kier alpha value is -1.85. The number of hydrogen-bond donors (Lipinski definition) is 1. The van der Waals surface area contributed by atoms with Crippen molar-refractivity contribution in [3.63, 3.8) is 0 Å². The summed E-state index contributed by atoms with van der Waals surface area (Å²) in [6.07, 6.45) is 4.44. The number of nitrogens with zero attached hydrogens (tertiary/aromatic N) is 3. The van der Waals surface area contributed by atoms with E-state index in [1.54, 1.807) is 9.58 Å². The van der Waals surface area contributed by atoms with Crippen molar-refractivity contribution in [1.82, 2.24) is 14.7 Å². The van der Waals surface area contributed by atoms with Crippen LogP contribution >= 0.6 is 0 Å². The van der Waals surface area contributed by atoms with Crippen LogP contribution in [0.1, 0.15) is 30.5 Å². The fraction of sp³-hybridized carbons (Fsp3) is 0.643. The summed E-state index contributed by atoms with van der Waals surface area (Å²) in [6, 6.07) is 0. The van der Waals surface area contributed by atoms with Crippen molar-refractivity contribution in [2.75, 3.05) is 13.1 Å². The molecule has 2 heterocycles. The Bertz CT molecular complexity index is 510. The van der Waals surface area contributed by atoms with E-state index in [2.05, 4.69) is 5.10 Å². The number of amides is 1. The minimum absolute atomic E-state index is 0.0409. The van der Waals surface area contributed by atoms with E-state index < -0.39 is 11.9 Å². The van der Waals surface area contributed by atoms with E-state index in [0.29, 0.717) is 32.4 Å². The number of carboxylic acids is 1. The van der Waals surface area contributed by atoms with Gasteiger partial charge in [-0.05, 0) is 31.7 Å². The van der Waals surface area contributed by atoms with Gasteiger partial charge in [-0.2, -0.15) is 5.10 Å². The normalized spacial score (nSPS) is 19.1. The Balaban J connectivity index is 1.88. The zero-order chi connectivity index (χ0) is 14.7. The molecule has 1 aliphatic heterocycles. The SMILES string of the molecule is Cc1nn(C)cc1CCC(=O)N1CCCC(C(=O)O)C1. The number of likely N-dealkylation sites (tertiary alicyclic amines) is 1. The predicted octanol–water partition coefficient (Wildman–Crippen LogP) is 0.984. The molecule has 0 saturated carbocycles. The lowest BCUT2D eigenvalue weighted by molar-refractivity contribution is -0.145. The molecule has 0 radical (unpaired) electrons. The highest BCUT2D eigenvalue weighted by atomic mass is 16.4. The molecule has 2 rings (SSSR count). The molecule has 1 saturated heterocycles. The molecule has 1 unspecified atom stereocenters. The number of carboxylic acid groups (broad SMARTS) is 1. The lowest BCUT2D eigenvalue weighted by Gasteiger charge is -2.30. The maximum atomic E-state index is 12.2. The minimum atomic E-state index is -0.800. The molecule has 1 aliphatic rings. The first-order valence-corrected chi connectivity index (χ1v) is 6.97. The molecule has 6 heteroatoms. The third-order valence-corrected chi connectivity index (χ3v) is 3.85. The van der Waals surface area contributed by atoms with Gasteiger partial charge >= 0.3 is 5.97 Å². The highest BCUT2D eigenvalue weighted by molar-refractivity contribution is 5.78. The summed E-state index contributed by atoms with van der Waals surface area (Å²) in [5, 5.41) is 13.3. The first-order chi connectivity index (χ1) is 9.47. The molecule has 1 atom stereocenters. The summed E-state index contributed by atoms with van der Waals surface area (Å²) >= 11 is 0. The third-order valence-electron chi connectivity index (χ3n) is 3.85. The van der Waals surface area contributed by atoms with Crippen LogP contribution in [0, 0.1) is 12.8 Å². The molecule has 6 nitrogen and oxygen atoms in total. The van der Waals surface area contributed by atoms with Gasteiger partial charge in [0.25, 0.3) is 0 Å².